The molecule has 0 unspecified atom stereocenters. The topological polar surface area (TPSA) is 82.4 Å². The highest BCUT2D eigenvalue weighted by Gasteiger charge is 2.45. The van der Waals surface area contributed by atoms with E-state index in [1.807, 2.05) is 54.3 Å². The monoisotopic (exact) mass is 501 g/mol. The van der Waals surface area contributed by atoms with Gasteiger partial charge >= 0.3 is 0 Å². The summed E-state index contributed by atoms with van der Waals surface area (Å²) in [5.74, 6) is 0.625. The number of fused-ring (bicyclic) bond motifs is 2. The fourth-order valence-corrected chi connectivity index (χ4v) is 6.88. The summed E-state index contributed by atoms with van der Waals surface area (Å²) in [6, 6.07) is 18.3. The molecule has 1 amide bonds. The molecular weight excluding hydrogens is 470 g/mol. The fourth-order valence-electron chi connectivity index (χ4n) is 5.91. The number of para-hydroxylation sites is 1. The first-order valence-electron chi connectivity index (χ1n) is 12.7. The minimum atomic E-state index is -0.325. The smallest absolute Gasteiger partial charge is 0.237 e. The number of hydrogen-bond acceptors (Lipinski definition) is 6. The minimum absolute atomic E-state index is 0.0310. The average Bonchev–Trinajstić information content (AvgIpc) is 3.23. The van der Waals surface area contributed by atoms with Gasteiger partial charge in [0.1, 0.15) is 11.5 Å². The normalized spacial score (nSPS) is 25.0. The third-order valence-electron chi connectivity index (χ3n) is 7.46. The Balaban J connectivity index is 1.43. The number of nitrogens with zero attached hydrogens (tertiary/aromatic N) is 2. The van der Waals surface area contributed by atoms with Gasteiger partial charge in [0.25, 0.3) is 0 Å². The molecule has 0 spiro atoms. The van der Waals surface area contributed by atoms with Crippen molar-refractivity contribution >= 4 is 29.1 Å². The number of carbonyl (C=O) groups excluding carboxylic acids is 2. The quantitative estimate of drug-likeness (QED) is 0.603. The second kappa shape index (κ2) is 10.4. The van der Waals surface area contributed by atoms with E-state index in [0.717, 1.165) is 41.3 Å². The van der Waals surface area contributed by atoms with Gasteiger partial charge in [-0.2, -0.15) is 5.26 Å². The van der Waals surface area contributed by atoms with Crippen LogP contribution < -0.4 is 15.0 Å². The molecule has 5 rings (SSSR count). The first-order valence-corrected chi connectivity index (χ1v) is 13.7. The van der Waals surface area contributed by atoms with Gasteiger partial charge < -0.3 is 15.0 Å². The van der Waals surface area contributed by atoms with E-state index >= 15 is 0 Å². The zero-order valence-corrected chi connectivity index (χ0v) is 21.5. The molecule has 1 fully saturated rings. The number of benzene rings is 2. The molecule has 2 aromatic carbocycles. The van der Waals surface area contributed by atoms with Crippen LogP contribution in [0, 0.1) is 17.2 Å². The van der Waals surface area contributed by atoms with Gasteiger partial charge in [0, 0.05) is 36.0 Å². The maximum atomic E-state index is 13.3. The summed E-state index contributed by atoms with van der Waals surface area (Å²) in [7, 11) is 0. The summed E-state index contributed by atoms with van der Waals surface area (Å²) in [5.41, 5.74) is 3.65. The lowest BCUT2D eigenvalue weighted by atomic mass is 9.68. The van der Waals surface area contributed by atoms with Crippen LogP contribution in [0.25, 0.3) is 0 Å². The lowest BCUT2D eigenvalue weighted by molar-refractivity contribution is -0.126. The standard InChI is InChI=1S/C29H31N3O3S/c1-3-35-21-13-11-19(12-14-21)27-22(16-30)29(31-23-8-6-10-25(33)28(23)27)36-17-26(34)32-18(2)15-20-7-4-5-9-24(20)32/h4-5,7,9,11-14,18,23,27-28,31H,3,6,8,10,15,17H2,1-2H3/t18-,23+,27+,28-/m0/s1. The van der Waals surface area contributed by atoms with Crippen LogP contribution in [-0.2, 0) is 16.0 Å². The van der Waals surface area contributed by atoms with Crippen LogP contribution in [0.4, 0.5) is 5.69 Å². The summed E-state index contributed by atoms with van der Waals surface area (Å²) in [5, 5.41) is 14.5. The summed E-state index contributed by atoms with van der Waals surface area (Å²) in [6.07, 6.45) is 3.10. The Hall–Kier alpha value is -3.24. The zero-order chi connectivity index (χ0) is 25.2. The highest BCUT2D eigenvalue weighted by molar-refractivity contribution is 8.03. The second-order valence-corrected chi connectivity index (χ2v) is 10.7. The van der Waals surface area contributed by atoms with Crippen molar-refractivity contribution in [3.63, 3.8) is 0 Å². The van der Waals surface area contributed by atoms with Crippen molar-refractivity contribution in [2.45, 2.75) is 57.5 Å². The van der Waals surface area contributed by atoms with Crippen molar-refractivity contribution in [3.8, 4) is 11.8 Å². The largest absolute Gasteiger partial charge is 0.494 e. The summed E-state index contributed by atoms with van der Waals surface area (Å²) in [6.45, 7) is 4.59. The molecule has 1 N–H and O–H groups in total. The van der Waals surface area contributed by atoms with Crippen LogP contribution in [0.2, 0.25) is 0 Å². The number of anilines is 1. The fraction of sp³-hybridized carbons (Fsp3) is 0.414. The number of rotatable bonds is 6. The van der Waals surface area contributed by atoms with Gasteiger partial charge in [0.05, 0.1) is 29.0 Å². The summed E-state index contributed by atoms with van der Waals surface area (Å²) < 4.78 is 5.59. The van der Waals surface area contributed by atoms with Gasteiger partial charge in [-0.25, -0.2) is 0 Å². The summed E-state index contributed by atoms with van der Waals surface area (Å²) >= 11 is 1.39. The maximum Gasteiger partial charge on any atom is 0.237 e. The lowest BCUT2D eigenvalue weighted by Crippen LogP contribution is -2.49. The average molecular weight is 502 g/mol. The van der Waals surface area contributed by atoms with Crippen molar-refractivity contribution in [1.82, 2.24) is 5.32 Å². The number of nitriles is 1. The third-order valence-corrected chi connectivity index (χ3v) is 8.48. The second-order valence-electron chi connectivity index (χ2n) is 9.70. The molecular formula is C29H31N3O3S. The van der Waals surface area contributed by atoms with Crippen molar-refractivity contribution in [2.75, 3.05) is 17.3 Å². The Kier molecular flexibility index (Phi) is 7.06. The molecule has 36 heavy (non-hydrogen) atoms. The number of thioether (sulfide) groups is 1. The van der Waals surface area contributed by atoms with E-state index in [9.17, 15) is 14.9 Å². The molecule has 0 radical (unpaired) electrons. The Bertz CT molecular complexity index is 1230. The number of amides is 1. The van der Waals surface area contributed by atoms with Crippen LogP contribution in [-0.4, -0.2) is 36.1 Å². The van der Waals surface area contributed by atoms with Crippen LogP contribution >= 0.6 is 11.8 Å². The molecule has 1 saturated carbocycles. The van der Waals surface area contributed by atoms with E-state index in [1.165, 1.54) is 17.3 Å². The Morgan fingerprint density at radius 2 is 2.00 bits per heavy atom. The van der Waals surface area contributed by atoms with Crippen molar-refractivity contribution in [2.24, 2.45) is 5.92 Å². The highest BCUT2D eigenvalue weighted by atomic mass is 32.2. The van der Waals surface area contributed by atoms with E-state index in [0.29, 0.717) is 18.6 Å². The lowest BCUT2D eigenvalue weighted by Gasteiger charge is -2.42. The van der Waals surface area contributed by atoms with Gasteiger partial charge in [-0.3, -0.25) is 9.59 Å². The van der Waals surface area contributed by atoms with Crippen molar-refractivity contribution < 1.29 is 14.3 Å². The molecule has 2 heterocycles. The maximum absolute atomic E-state index is 13.3. The molecule has 2 aromatic rings. The van der Waals surface area contributed by atoms with E-state index in [2.05, 4.69) is 24.4 Å². The van der Waals surface area contributed by atoms with Crippen LogP contribution in [0.5, 0.6) is 5.75 Å². The molecule has 4 atom stereocenters. The molecule has 7 heteroatoms. The van der Waals surface area contributed by atoms with Crippen molar-refractivity contribution in [1.29, 1.82) is 5.26 Å². The molecule has 1 aliphatic carbocycles. The Morgan fingerprint density at radius 3 is 2.75 bits per heavy atom. The molecule has 186 valence electrons. The van der Waals surface area contributed by atoms with Gasteiger partial charge in [-0.1, -0.05) is 42.1 Å². The Morgan fingerprint density at radius 1 is 1.22 bits per heavy atom. The third kappa shape index (κ3) is 4.51. The molecule has 3 aliphatic rings. The van der Waals surface area contributed by atoms with Gasteiger partial charge in [0.15, 0.2) is 0 Å². The number of nitrogens with one attached hydrogen (secondary N) is 1. The number of allylic oxidation sites excluding steroid dienone is 1. The number of carbonyl (C=O) groups is 2. The van der Waals surface area contributed by atoms with Crippen LogP contribution in [0.1, 0.15) is 50.2 Å². The van der Waals surface area contributed by atoms with Crippen LogP contribution in [0.15, 0.2) is 59.1 Å². The first kappa shape index (κ1) is 24.5. The molecule has 0 saturated heterocycles. The number of ketones is 1. The van der Waals surface area contributed by atoms with Gasteiger partial charge in [-0.05, 0) is 62.4 Å². The highest BCUT2D eigenvalue weighted by Crippen LogP contribution is 2.45. The number of hydrogen-bond donors (Lipinski definition) is 1. The Labute approximate surface area is 216 Å². The van der Waals surface area contributed by atoms with E-state index in [1.54, 1.807) is 0 Å². The van der Waals surface area contributed by atoms with Gasteiger partial charge in [-0.15, -0.1) is 0 Å². The predicted octanol–water partition coefficient (Wildman–Crippen LogP) is 4.96. The molecule has 2 aliphatic heterocycles. The minimum Gasteiger partial charge on any atom is -0.494 e. The van der Waals surface area contributed by atoms with Crippen molar-refractivity contribution in [3.05, 3.63) is 70.3 Å². The predicted molar refractivity (Wildman–Crippen MR) is 142 cm³/mol. The summed E-state index contributed by atoms with van der Waals surface area (Å²) in [4.78, 5) is 28.3. The molecule has 0 bridgehead atoms. The first-order chi connectivity index (χ1) is 17.5. The van der Waals surface area contributed by atoms with Crippen LogP contribution in [0.3, 0.4) is 0 Å². The zero-order valence-electron chi connectivity index (χ0n) is 20.7. The SMILES string of the molecule is CCOc1ccc([C@@H]2C(C#N)=C(SCC(=O)N3c4ccccc4C[C@@H]3C)N[C@@H]3CCCC(=O)[C@H]32)cc1. The number of ether oxygens (including phenoxy) is 1. The number of Topliss-reactive ketones (excluding diaryl/α,β-unsaturated/α-hetero) is 1. The van der Waals surface area contributed by atoms with E-state index < -0.39 is 0 Å². The van der Waals surface area contributed by atoms with Gasteiger partial charge in [0.2, 0.25) is 5.91 Å². The molecule has 6 nitrogen and oxygen atoms in total. The van der Waals surface area contributed by atoms with E-state index in [4.69, 9.17) is 4.74 Å². The van der Waals surface area contributed by atoms with E-state index in [-0.39, 0.29) is 41.4 Å². The molecule has 0 aromatic heterocycles.